The molecule has 0 spiro atoms. The van der Waals surface area contributed by atoms with Crippen molar-refractivity contribution in [1.82, 2.24) is 25.3 Å². The van der Waals surface area contributed by atoms with Crippen molar-refractivity contribution >= 4 is 29.9 Å². The Bertz CT molecular complexity index is 728. The van der Waals surface area contributed by atoms with Crippen LogP contribution in [0.1, 0.15) is 26.3 Å². The van der Waals surface area contributed by atoms with Crippen LogP contribution in [-0.4, -0.2) is 52.9 Å². The zero-order valence-electron chi connectivity index (χ0n) is 16.6. The van der Waals surface area contributed by atoms with Crippen LogP contribution < -0.4 is 10.6 Å². The zero-order valence-corrected chi connectivity index (χ0v) is 18.9. The first-order valence-corrected chi connectivity index (χ1v) is 9.37. The number of nitrogens with zero attached hydrogens (tertiary/aromatic N) is 4. The van der Waals surface area contributed by atoms with Crippen molar-refractivity contribution in [3.05, 3.63) is 48.3 Å². The molecule has 7 heteroatoms. The summed E-state index contributed by atoms with van der Waals surface area (Å²) in [7, 11) is 1.83. The van der Waals surface area contributed by atoms with Crippen LogP contribution >= 0.6 is 24.0 Å². The Labute approximate surface area is 179 Å². The molecule has 0 saturated carbocycles. The fraction of sp³-hybridized carbons (Fsp3) is 0.500. The van der Waals surface area contributed by atoms with Gasteiger partial charge in [-0.25, -0.2) is 4.68 Å². The smallest absolute Gasteiger partial charge is 0.191 e. The van der Waals surface area contributed by atoms with Gasteiger partial charge in [-0.3, -0.25) is 9.89 Å². The third-order valence-corrected chi connectivity index (χ3v) is 5.11. The lowest BCUT2D eigenvalue weighted by molar-refractivity contribution is 0.265. The van der Waals surface area contributed by atoms with Gasteiger partial charge in [-0.05, 0) is 37.5 Å². The predicted octanol–water partition coefficient (Wildman–Crippen LogP) is 2.88. The molecular weight excluding hydrogens is 451 g/mol. The molecule has 27 heavy (non-hydrogen) atoms. The molecule has 148 valence electrons. The van der Waals surface area contributed by atoms with Crippen LogP contribution in [0.25, 0.3) is 5.69 Å². The first kappa shape index (κ1) is 21.7. The van der Waals surface area contributed by atoms with Gasteiger partial charge in [0.2, 0.25) is 0 Å². The molecule has 0 radical (unpaired) electrons. The van der Waals surface area contributed by atoms with E-state index in [1.165, 1.54) is 5.56 Å². The van der Waals surface area contributed by atoms with Crippen molar-refractivity contribution in [2.45, 2.75) is 39.4 Å². The lowest BCUT2D eigenvalue weighted by Gasteiger charge is -2.22. The number of aliphatic imine (C=N–C) groups is 1. The second-order valence-electron chi connectivity index (χ2n) is 7.28. The van der Waals surface area contributed by atoms with Crippen LogP contribution in [0.3, 0.4) is 0 Å². The van der Waals surface area contributed by atoms with E-state index in [0.717, 1.165) is 24.7 Å². The summed E-state index contributed by atoms with van der Waals surface area (Å²) in [5.41, 5.74) is 2.27. The Morgan fingerprint density at radius 1 is 1.26 bits per heavy atom. The molecule has 1 fully saturated rings. The number of likely N-dealkylation sites (tertiary alicyclic amines) is 1. The molecule has 1 aromatic carbocycles. The summed E-state index contributed by atoms with van der Waals surface area (Å²) in [6.07, 6.45) is 3.76. The standard InChI is InChI=1S/C20H30N6.HI/c1-15(2)25-13-16(3)18(14-25)24-20(21-4)22-12-17-8-5-6-9-19(17)26-11-7-10-23-26;/h5-11,15-16,18H,12-14H2,1-4H3,(H2,21,22,24);1H. The SMILES string of the molecule is CN=C(NCc1ccccc1-n1cccn1)NC1CN(C(C)C)CC1C.I. The Morgan fingerprint density at radius 3 is 2.67 bits per heavy atom. The van der Waals surface area contributed by atoms with Crippen molar-refractivity contribution in [2.75, 3.05) is 20.1 Å². The topological polar surface area (TPSA) is 57.5 Å². The quantitative estimate of drug-likeness (QED) is 0.391. The van der Waals surface area contributed by atoms with Crippen molar-refractivity contribution in [3.8, 4) is 5.69 Å². The van der Waals surface area contributed by atoms with Crippen LogP contribution in [0.15, 0.2) is 47.7 Å². The number of halogens is 1. The highest BCUT2D eigenvalue weighted by atomic mass is 127. The van der Waals surface area contributed by atoms with Gasteiger partial charge in [0.05, 0.1) is 5.69 Å². The number of aromatic nitrogens is 2. The minimum atomic E-state index is 0. The van der Waals surface area contributed by atoms with E-state index >= 15 is 0 Å². The van der Waals surface area contributed by atoms with Crippen molar-refractivity contribution in [2.24, 2.45) is 10.9 Å². The van der Waals surface area contributed by atoms with Gasteiger partial charge in [0.1, 0.15) is 0 Å². The third kappa shape index (κ3) is 5.44. The van der Waals surface area contributed by atoms with E-state index in [-0.39, 0.29) is 24.0 Å². The molecule has 2 unspecified atom stereocenters. The highest BCUT2D eigenvalue weighted by Crippen LogP contribution is 2.18. The molecular formula is C20H31IN6. The van der Waals surface area contributed by atoms with Crippen LogP contribution in [0.5, 0.6) is 0 Å². The molecule has 6 nitrogen and oxygen atoms in total. The number of nitrogens with one attached hydrogen (secondary N) is 2. The van der Waals surface area contributed by atoms with Gasteiger partial charge < -0.3 is 10.6 Å². The van der Waals surface area contributed by atoms with Crippen molar-refractivity contribution < 1.29 is 0 Å². The zero-order chi connectivity index (χ0) is 18.5. The molecule has 1 aliphatic rings. The Kier molecular flexibility index (Phi) is 8.09. The summed E-state index contributed by atoms with van der Waals surface area (Å²) < 4.78 is 1.90. The third-order valence-electron chi connectivity index (χ3n) is 5.11. The Morgan fingerprint density at radius 2 is 2.04 bits per heavy atom. The molecule has 0 aliphatic carbocycles. The van der Waals surface area contributed by atoms with Crippen LogP contribution in [-0.2, 0) is 6.54 Å². The van der Waals surface area contributed by atoms with Gasteiger partial charge in [-0.2, -0.15) is 5.10 Å². The van der Waals surface area contributed by atoms with E-state index in [9.17, 15) is 0 Å². The first-order chi connectivity index (χ1) is 12.6. The fourth-order valence-corrected chi connectivity index (χ4v) is 3.46. The molecule has 2 aromatic rings. The fourth-order valence-electron chi connectivity index (χ4n) is 3.46. The number of guanidine groups is 1. The first-order valence-electron chi connectivity index (χ1n) is 9.37. The van der Waals surface area contributed by atoms with Gasteiger partial charge in [0, 0.05) is 51.2 Å². The molecule has 0 bridgehead atoms. The van der Waals surface area contributed by atoms with Crippen molar-refractivity contribution in [3.63, 3.8) is 0 Å². The number of rotatable bonds is 5. The lowest BCUT2D eigenvalue weighted by Crippen LogP contribution is -2.46. The maximum Gasteiger partial charge on any atom is 0.191 e. The maximum absolute atomic E-state index is 4.42. The lowest BCUT2D eigenvalue weighted by atomic mass is 10.1. The van der Waals surface area contributed by atoms with Crippen LogP contribution in [0.2, 0.25) is 0 Å². The van der Waals surface area contributed by atoms with Gasteiger partial charge in [-0.15, -0.1) is 24.0 Å². The molecule has 1 saturated heterocycles. The van der Waals surface area contributed by atoms with E-state index in [2.05, 4.69) is 64.6 Å². The van der Waals surface area contributed by atoms with E-state index in [1.807, 2.05) is 30.1 Å². The Hall–Kier alpha value is -1.61. The summed E-state index contributed by atoms with van der Waals surface area (Å²) >= 11 is 0. The average molecular weight is 482 g/mol. The summed E-state index contributed by atoms with van der Waals surface area (Å²) in [6.45, 7) is 9.71. The molecule has 2 atom stereocenters. The minimum Gasteiger partial charge on any atom is -0.352 e. The normalized spacial score (nSPS) is 20.6. The number of hydrogen-bond donors (Lipinski definition) is 2. The highest BCUT2D eigenvalue weighted by molar-refractivity contribution is 14.0. The Balaban J connectivity index is 0.00000261. The van der Waals surface area contributed by atoms with E-state index in [4.69, 9.17) is 0 Å². The van der Waals surface area contributed by atoms with E-state index < -0.39 is 0 Å². The van der Waals surface area contributed by atoms with Gasteiger partial charge >= 0.3 is 0 Å². The summed E-state index contributed by atoms with van der Waals surface area (Å²) in [4.78, 5) is 6.93. The number of benzene rings is 1. The van der Waals surface area contributed by atoms with Crippen LogP contribution in [0.4, 0.5) is 0 Å². The number of para-hydroxylation sites is 1. The summed E-state index contributed by atoms with van der Waals surface area (Å²) in [6, 6.07) is 11.2. The predicted molar refractivity (Wildman–Crippen MR) is 122 cm³/mol. The second-order valence-corrected chi connectivity index (χ2v) is 7.28. The highest BCUT2D eigenvalue weighted by Gasteiger charge is 2.31. The van der Waals surface area contributed by atoms with Gasteiger partial charge in [0.15, 0.2) is 5.96 Å². The van der Waals surface area contributed by atoms with Crippen molar-refractivity contribution in [1.29, 1.82) is 0 Å². The summed E-state index contributed by atoms with van der Waals surface area (Å²) in [5.74, 6) is 1.45. The molecule has 1 aliphatic heterocycles. The number of hydrogen-bond acceptors (Lipinski definition) is 3. The van der Waals surface area contributed by atoms with E-state index in [0.29, 0.717) is 24.5 Å². The molecule has 2 N–H and O–H groups in total. The molecule has 3 rings (SSSR count). The summed E-state index contributed by atoms with van der Waals surface area (Å²) in [5, 5.41) is 11.4. The van der Waals surface area contributed by atoms with Gasteiger partial charge in [0.25, 0.3) is 0 Å². The monoisotopic (exact) mass is 482 g/mol. The van der Waals surface area contributed by atoms with E-state index in [1.54, 1.807) is 6.20 Å². The largest absolute Gasteiger partial charge is 0.352 e. The maximum atomic E-state index is 4.42. The molecule has 0 amide bonds. The molecule has 2 heterocycles. The second kappa shape index (κ2) is 10.1. The minimum absolute atomic E-state index is 0. The average Bonchev–Trinajstić information content (AvgIpc) is 3.29. The molecule has 1 aromatic heterocycles. The van der Waals surface area contributed by atoms with Gasteiger partial charge in [-0.1, -0.05) is 25.1 Å². The van der Waals surface area contributed by atoms with Crippen LogP contribution in [0, 0.1) is 5.92 Å².